The molecule has 0 radical (unpaired) electrons. The molecule has 1 nitrogen and oxygen atoms in total. The second-order valence-corrected chi connectivity index (χ2v) is 5.67. The van der Waals surface area contributed by atoms with Gasteiger partial charge in [-0.05, 0) is 43.1 Å². The maximum absolute atomic E-state index is 3.81. The molecule has 2 heteroatoms. The van der Waals surface area contributed by atoms with Gasteiger partial charge in [-0.3, -0.25) is 0 Å². The summed E-state index contributed by atoms with van der Waals surface area (Å²) in [6, 6.07) is 1.75. The van der Waals surface area contributed by atoms with Gasteiger partial charge in [0.05, 0.1) is 0 Å². The first-order valence-corrected chi connectivity index (χ1v) is 6.89. The van der Waals surface area contributed by atoms with Crippen molar-refractivity contribution >= 4 is 11.8 Å². The summed E-state index contributed by atoms with van der Waals surface area (Å²) < 4.78 is 0. The Morgan fingerprint density at radius 3 is 2.77 bits per heavy atom. The number of rotatable bonds is 4. The monoisotopic (exact) mass is 199 g/mol. The molecular weight excluding hydrogens is 178 g/mol. The lowest BCUT2D eigenvalue weighted by molar-refractivity contribution is 0.460. The van der Waals surface area contributed by atoms with Crippen molar-refractivity contribution in [2.75, 3.05) is 11.5 Å². The molecule has 0 amide bonds. The fraction of sp³-hybridized carbons (Fsp3) is 1.00. The van der Waals surface area contributed by atoms with E-state index in [9.17, 15) is 0 Å². The quantitative estimate of drug-likeness (QED) is 0.747. The van der Waals surface area contributed by atoms with E-state index in [1.165, 1.54) is 43.6 Å². The average molecular weight is 199 g/mol. The van der Waals surface area contributed by atoms with Crippen molar-refractivity contribution in [1.82, 2.24) is 5.32 Å². The molecule has 2 aliphatic rings. The highest BCUT2D eigenvalue weighted by atomic mass is 32.2. The first kappa shape index (κ1) is 9.85. The van der Waals surface area contributed by atoms with Crippen molar-refractivity contribution in [3.63, 3.8) is 0 Å². The van der Waals surface area contributed by atoms with Crippen LogP contribution < -0.4 is 5.32 Å². The second-order valence-electron chi connectivity index (χ2n) is 4.44. The number of nitrogens with one attached hydrogen (secondary N) is 1. The summed E-state index contributed by atoms with van der Waals surface area (Å²) in [5, 5.41) is 3.81. The summed E-state index contributed by atoms with van der Waals surface area (Å²) in [5.41, 5.74) is 0. The van der Waals surface area contributed by atoms with Gasteiger partial charge in [-0.2, -0.15) is 11.8 Å². The van der Waals surface area contributed by atoms with E-state index >= 15 is 0 Å². The molecule has 0 aromatic carbocycles. The van der Waals surface area contributed by atoms with Gasteiger partial charge in [-0.1, -0.05) is 13.3 Å². The first-order valence-electron chi connectivity index (χ1n) is 5.74. The minimum Gasteiger partial charge on any atom is -0.311 e. The molecule has 0 bridgehead atoms. The highest BCUT2D eigenvalue weighted by Gasteiger charge is 2.37. The van der Waals surface area contributed by atoms with Crippen LogP contribution in [0.3, 0.4) is 0 Å². The first-order chi connectivity index (χ1) is 6.40. The minimum atomic E-state index is 0.855. The van der Waals surface area contributed by atoms with Crippen LogP contribution >= 0.6 is 11.8 Å². The average Bonchev–Trinajstić information content (AvgIpc) is 2.86. The molecule has 0 spiro atoms. The zero-order valence-electron chi connectivity index (χ0n) is 8.59. The van der Waals surface area contributed by atoms with Crippen LogP contribution in [0.4, 0.5) is 0 Å². The van der Waals surface area contributed by atoms with E-state index in [1.807, 2.05) is 0 Å². The summed E-state index contributed by atoms with van der Waals surface area (Å²) in [6.45, 7) is 2.30. The van der Waals surface area contributed by atoms with E-state index in [0.29, 0.717) is 0 Å². The summed E-state index contributed by atoms with van der Waals surface area (Å²) in [5.74, 6) is 3.78. The van der Waals surface area contributed by atoms with Gasteiger partial charge in [0, 0.05) is 12.1 Å². The molecule has 1 aliphatic carbocycles. The van der Waals surface area contributed by atoms with Gasteiger partial charge in [-0.15, -0.1) is 0 Å². The number of hydrogen-bond acceptors (Lipinski definition) is 2. The molecule has 2 rings (SSSR count). The Bertz CT molecular complexity index is 154. The lowest BCUT2D eigenvalue weighted by atomic mass is 10.1. The van der Waals surface area contributed by atoms with Crippen LogP contribution in [0.1, 0.15) is 39.0 Å². The Morgan fingerprint density at radius 1 is 1.31 bits per heavy atom. The predicted octanol–water partition coefficient (Wildman–Crippen LogP) is 2.66. The van der Waals surface area contributed by atoms with Crippen molar-refractivity contribution in [2.45, 2.75) is 51.1 Å². The van der Waals surface area contributed by atoms with Crippen LogP contribution in [0.25, 0.3) is 0 Å². The number of thioether (sulfide) groups is 1. The minimum absolute atomic E-state index is 0.855. The Balaban J connectivity index is 1.62. The molecule has 76 valence electrons. The van der Waals surface area contributed by atoms with Crippen LogP contribution in [0.5, 0.6) is 0 Å². The van der Waals surface area contributed by atoms with Gasteiger partial charge >= 0.3 is 0 Å². The van der Waals surface area contributed by atoms with Gasteiger partial charge in [0.1, 0.15) is 0 Å². The molecule has 0 aromatic heterocycles. The summed E-state index contributed by atoms with van der Waals surface area (Å²) in [7, 11) is 0. The highest BCUT2D eigenvalue weighted by molar-refractivity contribution is 7.99. The van der Waals surface area contributed by atoms with Gasteiger partial charge in [0.15, 0.2) is 0 Å². The zero-order valence-corrected chi connectivity index (χ0v) is 9.41. The fourth-order valence-corrected chi connectivity index (χ4v) is 3.42. The largest absolute Gasteiger partial charge is 0.311 e. The lowest BCUT2D eigenvalue weighted by Crippen LogP contribution is -2.34. The zero-order chi connectivity index (χ0) is 9.10. The van der Waals surface area contributed by atoms with Crippen LogP contribution in [0.15, 0.2) is 0 Å². The third-order valence-electron chi connectivity index (χ3n) is 3.25. The lowest BCUT2D eigenvalue weighted by Gasteiger charge is -2.22. The Kier molecular flexibility index (Phi) is 3.56. The summed E-state index contributed by atoms with van der Waals surface area (Å²) >= 11 is 2.12. The van der Waals surface area contributed by atoms with Crippen LogP contribution in [0.2, 0.25) is 0 Å². The van der Waals surface area contributed by atoms with Gasteiger partial charge in [0.25, 0.3) is 0 Å². The Labute approximate surface area is 86.0 Å². The molecule has 1 aliphatic heterocycles. The van der Waals surface area contributed by atoms with Gasteiger partial charge < -0.3 is 5.32 Å². The molecule has 2 atom stereocenters. The molecular formula is C11H21NS. The molecule has 1 saturated heterocycles. The van der Waals surface area contributed by atoms with Crippen LogP contribution in [-0.4, -0.2) is 23.6 Å². The topological polar surface area (TPSA) is 12.0 Å². The third-order valence-corrected chi connectivity index (χ3v) is 4.30. The van der Waals surface area contributed by atoms with E-state index in [1.54, 1.807) is 0 Å². The van der Waals surface area contributed by atoms with E-state index < -0.39 is 0 Å². The van der Waals surface area contributed by atoms with Crippen molar-refractivity contribution < 1.29 is 0 Å². The van der Waals surface area contributed by atoms with Crippen molar-refractivity contribution in [1.29, 1.82) is 0 Å². The Morgan fingerprint density at radius 2 is 2.08 bits per heavy atom. The molecule has 0 aromatic rings. The molecule has 1 N–H and O–H groups in total. The van der Waals surface area contributed by atoms with Crippen LogP contribution in [-0.2, 0) is 0 Å². The molecule has 2 fully saturated rings. The smallest absolute Gasteiger partial charge is 0.0102 e. The second kappa shape index (κ2) is 4.70. The van der Waals surface area contributed by atoms with E-state index in [2.05, 4.69) is 24.0 Å². The maximum Gasteiger partial charge on any atom is 0.0102 e. The maximum atomic E-state index is 3.81. The van der Waals surface area contributed by atoms with Crippen LogP contribution in [0, 0.1) is 5.92 Å². The van der Waals surface area contributed by atoms with E-state index in [4.69, 9.17) is 0 Å². The predicted molar refractivity (Wildman–Crippen MR) is 60.3 cm³/mol. The van der Waals surface area contributed by atoms with E-state index in [-0.39, 0.29) is 0 Å². The molecule has 13 heavy (non-hydrogen) atoms. The van der Waals surface area contributed by atoms with Crippen molar-refractivity contribution in [2.24, 2.45) is 5.92 Å². The molecule has 1 saturated carbocycles. The summed E-state index contributed by atoms with van der Waals surface area (Å²) in [4.78, 5) is 0. The Hall–Kier alpha value is 0.310. The van der Waals surface area contributed by atoms with Crippen molar-refractivity contribution in [3.05, 3.63) is 0 Å². The molecule has 2 unspecified atom stereocenters. The normalized spacial score (nSPS) is 34.8. The summed E-state index contributed by atoms with van der Waals surface area (Å²) in [6.07, 6.45) is 7.07. The SMILES string of the molecule is CCCC1CC1NC1CCSCC1. The van der Waals surface area contributed by atoms with Gasteiger partial charge in [-0.25, -0.2) is 0 Å². The third kappa shape index (κ3) is 2.88. The van der Waals surface area contributed by atoms with E-state index in [0.717, 1.165) is 18.0 Å². The van der Waals surface area contributed by atoms with Crippen molar-refractivity contribution in [3.8, 4) is 0 Å². The standard InChI is InChI=1S/C11H21NS/c1-2-3-9-8-11(9)12-10-4-6-13-7-5-10/h9-12H,2-8H2,1H3. The van der Waals surface area contributed by atoms with Gasteiger partial charge in [0.2, 0.25) is 0 Å². The fourth-order valence-electron chi connectivity index (χ4n) is 2.31. The molecule has 1 heterocycles. The highest BCUT2D eigenvalue weighted by Crippen LogP contribution is 2.35. The number of hydrogen-bond donors (Lipinski definition) is 1.